The third-order valence-electron chi connectivity index (χ3n) is 3.73. The van der Waals surface area contributed by atoms with E-state index < -0.39 is 0 Å². The minimum absolute atomic E-state index is 0.339. The zero-order chi connectivity index (χ0) is 13.9. The van der Waals surface area contributed by atoms with Gasteiger partial charge in [-0.3, -0.25) is 0 Å². The number of hydrogen-bond acceptors (Lipinski definition) is 4. The summed E-state index contributed by atoms with van der Waals surface area (Å²) in [7, 11) is 0. The second-order valence-electron chi connectivity index (χ2n) is 5.46. The van der Waals surface area contributed by atoms with Crippen molar-refractivity contribution in [2.24, 2.45) is 5.16 Å². The summed E-state index contributed by atoms with van der Waals surface area (Å²) in [6.07, 6.45) is 17.4. The van der Waals surface area contributed by atoms with E-state index in [9.17, 15) is 0 Å². The minimum Gasteiger partial charge on any atom is -0.315 e. The maximum atomic E-state index is 5.34. The van der Waals surface area contributed by atoms with Crippen LogP contribution >= 0.6 is 0 Å². The fourth-order valence-corrected chi connectivity index (χ4v) is 2.55. The van der Waals surface area contributed by atoms with Gasteiger partial charge in [0.15, 0.2) is 0 Å². The molecule has 0 aliphatic heterocycles. The maximum Gasteiger partial charge on any atom is 0.345 e. The van der Waals surface area contributed by atoms with Crippen LogP contribution in [0.25, 0.3) is 0 Å². The van der Waals surface area contributed by atoms with E-state index in [-0.39, 0.29) is 0 Å². The Labute approximate surface area is 121 Å². The number of nitrogens with zero attached hydrogens (tertiary/aromatic N) is 3. The van der Waals surface area contributed by atoms with Crippen molar-refractivity contribution in [1.82, 2.24) is 9.97 Å². The molecular weight excluding hydrogens is 250 g/mol. The highest BCUT2D eigenvalue weighted by Crippen LogP contribution is 2.15. The molecule has 0 spiro atoms. The fourth-order valence-electron chi connectivity index (χ4n) is 2.55. The number of rotatable bonds is 2. The molecular formula is C16H25N3O. The molecule has 20 heavy (non-hydrogen) atoms. The van der Waals surface area contributed by atoms with Gasteiger partial charge in [-0.05, 0) is 31.7 Å². The van der Waals surface area contributed by atoms with Gasteiger partial charge < -0.3 is 4.84 Å². The van der Waals surface area contributed by atoms with Crippen LogP contribution in [0.4, 0.5) is 0 Å². The maximum absolute atomic E-state index is 5.34. The lowest BCUT2D eigenvalue weighted by Crippen LogP contribution is -2.03. The number of aromatic nitrogens is 2. The van der Waals surface area contributed by atoms with Gasteiger partial charge in [0.25, 0.3) is 0 Å². The molecule has 0 radical (unpaired) electrons. The van der Waals surface area contributed by atoms with Crippen LogP contribution in [0.5, 0.6) is 6.01 Å². The summed E-state index contributed by atoms with van der Waals surface area (Å²) in [4.78, 5) is 13.4. The second kappa shape index (κ2) is 9.45. The Kier molecular flexibility index (Phi) is 7.07. The van der Waals surface area contributed by atoms with E-state index in [0.29, 0.717) is 6.01 Å². The molecule has 2 rings (SSSR count). The van der Waals surface area contributed by atoms with Crippen molar-refractivity contribution in [2.45, 2.75) is 70.6 Å². The smallest absolute Gasteiger partial charge is 0.315 e. The normalized spacial score (nSPS) is 18.7. The summed E-state index contributed by atoms with van der Waals surface area (Å²) in [5, 5.41) is 4.27. The quantitative estimate of drug-likeness (QED) is 0.746. The Morgan fingerprint density at radius 1 is 0.750 bits per heavy atom. The molecule has 0 N–H and O–H groups in total. The van der Waals surface area contributed by atoms with Crippen molar-refractivity contribution in [3.63, 3.8) is 0 Å². The standard InChI is InChI=1S/C16H25N3O/c1-2-4-6-8-11-15(12-9-7-5-3-1)19-20-16-17-13-10-14-18-16/h10,13-14H,1-9,11-12H2. The lowest BCUT2D eigenvalue weighted by Gasteiger charge is -2.08. The van der Waals surface area contributed by atoms with Crippen LogP contribution in [0.2, 0.25) is 0 Å². The predicted octanol–water partition coefficient (Wildman–Crippen LogP) is 4.52. The van der Waals surface area contributed by atoms with Gasteiger partial charge in [-0.25, -0.2) is 9.97 Å². The fraction of sp³-hybridized carbons (Fsp3) is 0.688. The van der Waals surface area contributed by atoms with E-state index in [1.54, 1.807) is 18.5 Å². The lowest BCUT2D eigenvalue weighted by molar-refractivity contribution is 0.309. The van der Waals surface area contributed by atoms with E-state index >= 15 is 0 Å². The Morgan fingerprint density at radius 2 is 1.25 bits per heavy atom. The van der Waals surface area contributed by atoms with Gasteiger partial charge in [0, 0.05) is 12.4 Å². The number of hydrogen-bond donors (Lipinski definition) is 0. The van der Waals surface area contributed by atoms with Crippen molar-refractivity contribution < 1.29 is 4.84 Å². The van der Waals surface area contributed by atoms with Crippen molar-refractivity contribution in [3.05, 3.63) is 18.5 Å². The molecule has 0 bridgehead atoms. The molecule has 0 aromatic carbocycles. The van der Waals surface area contributed by atoms with E-state index in [2.05, 4.69) is 15.1 Å². The largest absolute Gasteiger partial charge is 0.345 e. The van der Waals surface area contributed by atoms with E-state index in [0.717, 1.165) is 18.6 Å². The lowest BCUT2D eigenvalue weighted by atomic mass is 10.00. The average molecular weight is 275 g/mol. The van der Waals surface area contributed by atoms with Crippen LogP contribution in [0.15, 0.2) is 23.6 Å². The zero-order valence-electron chi connectivity index (χ0n) is 12.3. The van der Waals surface area contributed by atoms with Gasteiger partial charge in [-0.2, -0.15) is 0 Å². The molecule has 1 aromatic heterocycles. The molecule has 0 unspecified atom stereocenters. The summed E-state index contributed by atoms with van der Waals surface area (Å²) < 4.78 is 0. The Morgan fingerprint density at radius 3 is 1.80 bits per heavy atom. The van der Waals surface area contributed by atoms with Gasteiger partial charge in [0.2, 0.25) is 0 Å². The molecule has 0 atom stereocenters. The van der Waals surface area contributed by atoms with Crippen LogP contribution in [0.3, 0.4) is 0 Å². The second-order valence-corrected chi connectivity index (χ2v) is 5.46. The summed E-state index contributed by atoms with van der Waals surface area (Å²) >= 11 is 0. The van der Waals surface area contributed by atoms with Crippen molar-refractivity contribution in [1.29, 1.82) is 0 Å². The molecule has 1 saturated carbocycles. The van der Waals surface area contributed by atoms with Crippen LogP contribution in [-0.4, -0.2) is 15.7 Å². The molecule has 1 heterocycles. The van der Waals surface area contributed by atoms with E-state index in [1.165, 1.54) is 57.8 Å². The van der Waals surface area contributed by atoms with Crippen molar-refractivity contribution in [2.75, 3.05) is 0 Å². The SMILES string of the molecule is c1cnc(ON=C2CCCCCCCCCCC2)nc1. The molecule has 4 nitrogen and oxygen atoms in total. The van der Waals surface area contributed by atoms with Crippen LogP contribution in [0.1, 0.15) is 70.6 Å². The molecule has 4 heteroatoms. The molecule has 1 fully saturated rings. The first-order valence-corrected chi connectivity index (χ1v) is 7.95. The highest BCUT2D eigenvalue weighted by atomic mass is 16.6. The Bertz CT molecular complexity index is 378. The summed E-state index contributed by atoms with van der Waals surface area (Å²) in [6.45, 7) is 0. The Hall–Kier alpha value is -1.45. The van der Waals surface area contributed by atoms with Gasteiger partial charge in [0.1, 0.15) is 0 Å². The monoisotopic (exact) mass is 275 g/mol. The summed E-state index contributed by atoms with van der Waals surface area (Å²) in [5.74, 6) is 0. The third-order valence-corrected chi connectivity index (χ3v) is 3.73. The molecule has 1 aliphatic carbocycles. The van der Waals surface area contributed by atoms with Gasteiger partial charge in [-0.15, -0.1) is 0 Å². The molecule has 1 aromatic rings. The number of oxime groups is 1. The van der Waals surface area contributed by atoms with E-state index in [1.807, 2.05) is 0 Å². The molecule has 0 amide bonds. The van der Waals surface area contributed by atoms with Gasteiger partial charge >= 0.3 is 6.01 Å². The van der Waals surface area contributed by atoms with E-state index in [4.69, 9.17) is 4.84 Å². The highest BCUT2D eigenvalue weighted by Gasteiger charge is 2.04. The van der Waals surface area contributed by atoms with Crippen LogP contribution in [0, 0.1) is 0 Å². The Balaban J connectivity index is 1.84. The van der Waals surface area contributed by atoms with Gasteiger partial charge in [0.05, 0.1) is 5.71 Å². The predicted molar refractivity (Wildman–Crippen MR) is 80.9 cm³/mol. The summed E-state index contributed by atoms with van der Waals surface area (Å²) in [6, 6.07) is 2.11. The van der Waals surface area contributed by atoms with Crippen LogP contribution in [-0.2, 0) is 0 Å². The zero-order valence-corrected chi connectivity index (χ0v) is 12.3. The first-order chi connectivity index (χ1) is 9.95. The molecule has 110 valence electrons. The topological polar surface area (TPSA) is 47.4 Å². The first kappa shape index (κ1) is 14.9. The first-order valence-electron chi connectivity index (χ1n) is 7.95. The molecule has 0 saturated heterocycles. The highest BCUT2D eigenvalue weighted by molar-refractivity contribution is 5.83. The average Bonchev–Trinajstić information content (AvgIpc) is 2.48. The third kappa shape index (κ3) is 6.13. The molecule has 1 aliphatic rings. The van der Waals surface area contributed by atoms with Gasteiger partial charge in [-0.1, -0.05) is 50.1 Å². The van der Waals surface area contributed by atoms with Crippen LogP contribution < -0.4 is 4.84 Å². The van der Waals surface area contributed by atoms with Crippen molar-refractivity contribution >= 4 is 5.71 Å². The minimum atomic E-state index is 0.339. The van der Waals surface area contributed by atoms with Crippen molar-refractivity contribution in [3.8, 4) is 6.01 Å². The summed E-state index contributed by atoms with van der Waals surface area (Å²) in [5.41, 5.74) is 1.16.